The van der Waals surface area contributed by atoms with Gasteiger partial charge in [0.2, 0.25) is 15.9 Å². The van der Waals surface area contributed by atoms with Crippen molar-refractivity contribution in [3.8, 4) is 5.75 Å². The minimum absolute atomic E-state index is 0.136. The number of anilines is 1. The number of benzene rings is 2. The van der Waals surface area contributed by atoms with Crippen molar-refractivity contribution in [2.24, 2.45) is 0 Å². The van der Waals surface area contributed by atoms with Crippen LogP contribution in [0.5, 0.6) is 5.75 Å². The summed E-state index contributed by atoms with van der Waals surface area (Å²) in [6.07, 6.45) is 0.890. The van der Waals surface area contributed by atoms with Gasteiger partial charge in [-0.05, 0) is 36.8 Å². The molecule has 0 saturated carbocycles. The number of carbonyl (C=O) groups excluding carboxylic acids is 1. The Balaban J connectivity index is 2.17. The first-order valence-corrected chi connectivity index (χ1v) is 9.83. The third-order valence-electron chi connectivity index (χ3n) is 3.87. The number of amides is 1. The first-order valence-electron chi connectivity index (χ1n) is 7.98. The van der Waals surface area contributed by atoms with Crippen molar-refractivity contribution in [1.29, 1.82) is 0 Å². The molecule has 0 saturated heterocycles. The van der Waals surface area contributed by atoms with E-state index in [4.69, 9.17) is 4.74 Å². The van der Waals surface area contributed by atoms with Gasteiger partial charge in [0, 0.05) is 12.6 Å². The number of sulfonamides is 1. The Kier molecular flexibility index (Phi) is 6.37. The first kappa shape index (κ1) is 20.6. The molecule has 0 aliphatic heterocycles. The van der Waals surface area contributed by atoms with Gasteiger partial charge in [-0.2, -0.15) is 0 Å². The van der Waals surface area contributed by atoms with Gasteiger partial charge in [0.25, 0.3) is 0 Å². The topological polar surface area (TPSA) is 75.7 Å². The zero-order chi connectivity index (χ0) is 20.2. The van der Waals surface area contributed by atoms with E-state index in [-0.39, 0.29) is 12.2 Å². The molecule has 0 aliphatic carbocycles. The Morgan fingerprint density at radius 2 is 1.78 bits per heavy atom. The van der Waals surface area contributed by atoms with Crippen molar-refractivity contribution >= 4 is 21.6 Å². The van der Waals surface area contributed by atoms with Crippen molar-refractivity contribution in [3.05, 3.63) is 59.7 Å². The van der Waals surface area contributed by atoms with Crippen LogP contribution in [0.25, 0.3) is 0 Å². The summed E-state index contributed by atoms with van der Waals surface area (Å²) in [5, 5.41) is 2.63. The molecule has 0 radical (unpaired) electrons. The summed E-state index contributed by atoms with van der Waals surface area (Å²) in [6.45, 7) is 1.54. The Morgan fingerprint density at radius 1 is 1.15 bits per heavy atom. The number of ether oxygens (including phenoxy) is 1. The molecule has 0 heterocycles. The SMILES string of the molecule is COc1ccc(CNC(=O)[C@@H](C)N(c2ccc(F)c(F)c2)S(C)(=O)=O)cc1. The average molecular weight is 398 g/mol. The molecule has 0 aromatic heterocycles. The third-order valence-corrected chi connectivity index (χ3v) is 5.11. The summed E-state index contributed by atoms with van der Waals surface area (Å²) in [5.74, 6) is -2.23. The summed E-state index contributed by atoms with van der Waals surface area (Å²) < 4.78 is 56.7. The molecule has 0 bridgehead atoms. The van der Waals surface area contributed by atoms with Crippen LogP contribution in [-0.2, 0) is 21.4 Å². The lowest BCUT2D eigenvalue weighted by molar-refractivity contribution is -0.122. The molecule has 146 valence electrons. The van der Waals surface area contributed by atoms with Crippen LogP contribution in [0.15, 0.2) is 42.5 Å². The van der Waals surface area contributed by atoms with Gasteiger partial charge in [-0.1, -0.05) is 12.1 Å². The van der Waals surface area contributed by atoms with Gasteiger partial charge in [-0.25, -0.2) is 17.2 Å². The molecule has 0 unspecified atom stereocenters. The van der Waals surface area contributed by atoms with Gasteiger partial charge in [0.15, 0.2) is 11.6 Å². The maximum absolute atomic E-state index is 13.5. The van der Waals surface area contributed by atoms with Crippen LogP contribution in [0, 0.1) is 11.6 Å². The van der Waals surface area contributed by atoms with E-state index < -0.39 is 33.6 Å². The van der Waals surface area contributed by atoms with Gasteiger partial charge < -0.3 is 10.1 Å². The Labute approximate surface area is 156 Å². The summed E-state index contributed by atoms with van der Waals surface area (Å²) in [6, 6.07) is 8.47. The second kappa shape index (κ2) is 8.34. The Hall–Kier alpha value is -2.68. The van der Waals surface area contributed by atoms with Crippen LogP contribution in [0.4, 0.5) is 14.5 Å². The minimum atomic E-state index is -3.92. The first-order chi connectivity index (χ1) is 12.6. The highest BCUT2D eigenvalue weighted by Crippen LogP contribution is 2.23. The van der Waals surface area contributed by atoms with Gasteiger partial charge in [-0.15, -0.1) is 0 Å². The third kappa shape index (κ3) is 5.16. The highest BCUT2D eigenvalue weighted by Gasteiger charge is 2.29. The van der Waals surface area contributed by atoms with E-state index in [1.165, 1.54) is 14.0 Å². The molecule has 0 spiro atoms. The highest BCUT2D eigenvalue weighted by molar-refractivity contribution is 7.92. The van der Waals surface area contributed by atoms with Crippen molar-refractivity contribution in [1.82, 2.24) is 5.32 Å². The van der Waals surface area contributed by atoms with Crippen LogP contribution in [-0.4, -0.2) is 33.7 Å². The van der Waals surface area contributed by atoms with Gasteiger partial charge in [0.1, 0.15) is 11.8 Å². The van der Waals surface area contributed by atoms with Crippen molar-refractivity contribution in [3.63, 3.8) is 0 Å². The second-order valence-corrected chi connectivity index (χ2v) is 7.76. The maximum Gasteiger partial charge on any atom is 0.243 e. The number of hydrogen-bond donors (Lipinski definition) is 1. The lowest BCUT2D eigenvalue weighted by atomic mass is 10.2. The number of carbonyl (C=O) groups is 1. The number of nitrogens with one attached hydrogen (secondary N) is 1. The summed E-state index contributed by atoms with van der Waals surface area (Å²) in [7, 11) is -2.38. The van der Waals surface area contributed by atoms with E-state index in [9.17, 15) is 22.0 Å². The van der Waals surface area contributed by atoms with Crippen molar-refractivity contribution in [2.75, 3.05) is 17.7 Å². The number of halogens is 2. The number of rotatable bonds is 7. The van der Waals surface area contributed by atoms with Gasteiger partial charge >= 0.3 is 0 Å². The van der Waals surface area contributed by atoms with Crippen molar-refractivity contribution in [2.45, 2.75) is 19.5 Å². The molecule has 0 aliphatic rings. The van der Waals surface area contributed by atoms with Crippen LogP contribution in [0.3, 0.4) is 0 Å². The lowest BCUT2D eigenvalue weighted by Gasteiger charge is -2.28. The zero-order valence-corrected chi connectivity index (χ0v) is 15.9. The fourth-order valence-corrected chi connectivity index (χ4v) is 3.68. The monoisotopic (exact) mass is 398 g/mol. The second-order valence-electron chi connectivity index (χ2n) is 5.90. The van der Waals surface area contributed by atoms with E-state index in [0.29, 0.717) is 5.75 Å². The van der Waals surface area contributed by atoms with E-state index in [1.54, 1.807) is 24.3 Å². The maximum atomic E-state index is 13.5. The minimum Gasteiger partial charge on any atom is -0.497 e. The summed E-state index contributed by atoms with van der Waals surface area (Å²) in [4.78, 5) is 12.4. The molecule has 2 aromatic rings. The highest BCUT2D eigenvalue weighted by atomic mass is 32.2. The van der Waals surface area contributed by atoms with E-state index in [1.807, 2.05) is 0 Å². The van der Waals surface area contributed by atoms with Crippen molar-refractivity contribution < 1.29 is 26.7 Å². The fourth-order valence-electron chi connectivity index (χ4n) is 2.51. The molecule has 9 heteroatoms. The predicted octanol–water partition coefficient (Wildman–Crippen LogP) is 2.44. The fraction of sp³-hybridized carbons (Fsp3) is 0.278. The quantitative estimate of drug-likeness (QED) is 0.777. The lowest BCUT2D eigenvalue weighted by Crippen LogP contribution is -2.47. The van der Waals surface area contributed by atoms with Gasteiger partial charge in [0.05, 0.1) is 19.1 Å². The molecular formula is C18H20F2N2O4S. The smallest absolute Gasteiger partial charge is 0.243 e. The molecular weight excluding hydrogens is 378 g/mol. The molecule has 1 N–H and O–H groups in total. The number of nitrogens with zero attached hydrogens (tertiary/aromatic N) is 1. The number of hydrogen-bond acceptors (Lipinski definition) is 4. The zero-order valence-electron chi connectivity index (χ0n) is 15.1. The molecule has 1 amide bonds. The number of methoxy groups -OCH3 is 1. The molecule has 27 heavy (non-hydrogen) atoms. The normalized spacial score (nSPS) is 12.3. The average Bonchev–Trinajstić information content (AvgIpc) is 2.62. The van der Waals surface area contributed by atoms with E-state index in [2.05, 4.69) is 5.32 Å². The van der Waals surface area contributed by atoms with Crippen LogP contribution < -0.4 is 14.4 Å². The molecule has 2 aromatic carbocycles. The Bertz CT molecular complexity index is 917. The van der Waals surface area contributed by atoms with Crippen LogP contribution >= 0.6 is 0 Å². The van der Waals surface area contributed by atoms with Crippen LogP contribution in [0.1, 0.15) is 12.5 Å². The summed E-state index contributed by atoms with van der Waals surface area (Å²) in [5.41, 5.74) is 0.651. The largest absolute Gasteiger partial charge is 0.497 e. The summed E-state index contributed by atoms with van der Waals surface area (Å²) >= 11 is 0. The molecule has 6 nitrogen and oxygen atoms in total. The molecule has 0 fully saturated rings. The molecule has 2 rings (SSSR count). The predicted molar refractivity (Wildman–Crippen MR) is 98.0 cm³/mol. The Morgan fingerprint density at radius 3 is 2.30 bits per heavy atom. The van der Waals surface area contributed by atoms with E-state index in [0.717, 1.165) is 34.3 Å². The molecule has 1 atom stereocenters. The van der Waals surface area contributed by atoms with Crippen LogP contribution in [0.2, 0.25) is 0 Å². The van der Waals surface area contributed by atoms with E-state index >= 15 is 0 Å². The standard InChI is InChI=1S/C18H20F2N2O4S/c1-12(18(23)21-11-13-4-7-15(26-2)8-5-13)22(27(3,24)25)14-6-9-16(19)17(20)10-14/h4-10,12H,11H2,1-3H3,(H,21,23)/t12-/m1/s1. The van der Waals surface area contributed by atoms with Gasteiger partial charge in [-0.3, -0.25) is 9.10 Å².